The number of hydrogen-bond acceptors (Lipinski definition) is 3. The van der Waals surface area contributed by atoms with Crippen LogP contribution in [0.5, 0.6) is 5.75 Å². The summed E-state index contributed by atoms with van der Waals surface area (Å²) in [5, 5.41) is 0. The fourth-order valence-electron chi connectivity index (χ4n) is 4.93. The molecule has 1 fully saturated rings. The number of fused-ring (bicyclic) bond motifs is 1. The molecule has 0 bridgehead atoms. The summed E-state index contributed by atoms with van der Waals surface area (Å²) < 4.78 is 8.35. The van der Waals surface area contributed by atoms with E-state index in [0.29, 0.717) is 38.6 Å². The molecule has 0 aliphatic carbocycles. The highest BCUT2D eigenvalue weighted by molar-refractivity contribution is 5.81. The predicted octanol–water partition coefficient (Wildman–Crippen LogP) is 6.14. The smallest absolute Gasteiger partial charge is 0.223 e. The third-order valence-corrected chi connectivity index (χ3v) is 7.13. The molecule has 180 valence electrons. The maximum absolute atomic E-state index is 12.8. The van der Waals surface area contributed by atoms with E-state index >= 15 is 0 Å². The molecule has 2 unspecified atom stereocenters. The number of carbonyl (C=O) groups is 1. The van der Waals surface area contributed by atoms with Crippen molar-refractivity contribution >= 4 is 16.9 Å². The standard InChI is InChI=1S/C30H33N3O2/c1-3-22(2)24-13-15-26(16-14-24)35-18-17-33-28-12-8-7-11-27(28)31-30(33)25-19-29(34)32(21-25)20-23-9-5-4-6-10-23/h4-16,22,25H,3,17-21H2,1-2H3. The van der Waals surface area contributed by atoms with Gasteiger partial charge in [-0.3, -0.25) is 4.79 Å². The maximum Gasteiger partial charge on any atom is 0.223 e. The van der Waals surface area contributed by atoms with Crippen LogP contribution in [-0.2, 0) is 17.9 Å². The maximum atomic E-state index is 12.8. The summed E-state index contributed by atoms with van der Waals surface area (Å²) in [6.45, 7) is 7.02. The molecule has 1 saturated heterocycles. The lowest BCUT2D eigenvalue weighted by Gasteiger charge is -2.17. The second kappa shape index (κ2) is 10.3. The Balaban J connectivity index is 1.31. The Morgan fingerprint density at radius 2 is 1.74 bits per heavy atom. The summed E-state index contributed by atoms with van der Waals surface area (Å²) in [7, 11) is 0. The number of benzene rings is 3. The summed E-state index contributed by atoms with van der Waals surface area (Å²) in [5.74, 6) is 2.68. The highest BCUT2D eigenvalue weighted by Crippen LogP contribution is 2.31. The fraction of sp³-hybridized carbons (Fsp3) is 0.333. The van der Waals surface area contributed by atoms with Gasteiger partial charge >= 0.3 is 0 Å². The van der Waals surface area contributed by atoms with Crippen LogP contribution in [0, 0.1) is 0 Å². The van der Waals surface area contributed by atoms with Crippen LogP contribution in [0.3, 0.4) is 0 Å². The zero-order valence-corrected chi connectivity index (χ0v) is 20.6. The van der Waals surface area contributed by atoms with Gasteiger partial charge in [-0.2, -0.15) is 0 Å². The molecule has 5 rings (SSSR count). The molecule has 0 spiro atoms. The molecule has 0 radical (unpaired) electrons. The monoisotopic (exact) mass is 467 g/mol. The molecule has 5 heteroatoms. The molecule has 0 saturated carbocycles. The number of likely N-dealkylation sites (tertiary alicyclic amines) is 1. The van der Waals surface area contributed by atoms with Gasteiger partial charge in [0, 0.05) is 25.4 Å². The Labute approximate surface area is 207 Å². The van der Waals surface area contributed by atoms with Crippen molar-refractivity contribution in [1.82, 2.24) is 14.5 Å². The Bertz CT molecular complexity index is 1280. The normalized spacial score (nSPS) is 16.7. The Morgan fingerprint density at radius 1 is 1.00 bits per heavy atom. The molecule has 1 aliphatic heterocycles. The lowest BCUT2D eigenvalue weighted by atomic mass is 9.99. The summed E-state index contributed by atoms with van der Waals surface area (Å²) in [5.41, 5.74) is 4.55. The van der Waals surface area contributed by atoms with Crippen molar-refractivity contribution < 1.29 is 9.53 Å². The molecule has 4 aromatic rings. The molecular weight excluding hydrogens is 434 g/mol. The highest BCUT2D eigenvalue weighted by atomic mass is 16.5. The summed E-state index contributed by atoms with van der Waals surface area (Å²) >= 11 is 0. The van der Waals surface area contributed by atoms with E-state index in [2.05, 4.69) is 60.9 Å². The highest BCUT2D eigenvalue weighted by Gasteiger charge is 2.34. The lowest BCUT2D eigenvalue weighted by molar-refractivity contribution is -0.128. The molecule has 2 atom stereocenters. The number of aromatic nitrogens is 2. The van der Waals surface area contributed by atoms with Gasteiger partial charge in [0.2, 0.25) is 5.91 Å². The Morgan fingerprint density at radius 3 is 2.51 bits per heavy atom. The van der Waals surface area contributed by atoms with Gasteiger partial charge in [0.15, 0.2) is 0 Å². The number of nitrogens with zero attached hydrogens (tertiary/aromatic N) is 3. The van der Waals surface area contributed by atoms with E-state index in [-0.39, 0.29) is 11.8 Å². The van der Waals surface area contributed by atoms with E-state index in [0.717, 1.165) is 34.6 Å². The van der Waals surface area contributed by atoms with E-state index in [1.807, 2.05) is 41.3 Å². The van der Waals surface area contributed by atoms with Crippen molar-refractivity contribution in [2.75, 3.05) is 13.2 Å². The van der Waals surface area contributed by atoms with Crippen molar-refractivity contribution in [2.45, 2.75) is 51.6 Å². The van der Waals surface area contributed by atoms with Gasteiger partial charge in [0.05, 0.1) is 17.6 Å². The fourth-order valence-corrected chi connectivity index (χ4v) is 4.93. The number of amides is 1. The minimum atomic E-state index is 0.0772. The van der Waals surface area contributed by atoms with Gasteiger partial charge in [-0.15, -0.1) is 0 Å². The van der Waals surface area contributed by atoms with Gasteiger partial charge in [-0.1, -0.05) is 68.4 Å². The van der Waals surface area contributed by atoms with Crippen molar-refractivity contribution in [2.24, 2.45) is 0 Å². The van der Waals surface area contributed by atoms with Gasteiger partial charge in [0.25, 0.3) is 0 Å². The second-order valence-corrected chi connectivity index (χ2v) is 9.50. The minimum Gasteiger partial charge on any atom is -0.492 e. The quantitative estimate of drug-likeness (QED) is 0.297. The minimum absolute atomic E-state index is 0.0772. The second-order valence-electron chi connectivity index (χ2n) is 9.50. The van der Waals surface area contributed by atoms with E-state index < -0.39 is 0 Å². The number of para-hydroxylation sites is 2. The Hall–Kier alpha value is -3.60. The molecule has 1 aliphatic rings. The number of carbonyl (C=O) groups excluding carboxylic acids is 1. The summed E-state index contributed by atoms with van der Waals surface area (Å²) in [6.07, 6.45) is 1.62. The van der Waals surface area contributed by atoms with Gasteiger partial charge in [0.1, 0.15) is 18.2 Å². The van der Waals surface area contributed by atoms with E-state index in [9.17, 15) is 4.79 Å². The third kappa shape index (κ3) is 5.09. The first-order valence-corrected chi connectivity index (χ1v) is 12.6. The zero-order valence-electron chi connectivity index (χ0n) is 20.6. The first-order chi connectivity index (χ1) is 17.1. The summed E-state index contributed by atoms with van der Waals surface area (Å²) in [4.78, 5) is 19.8. The third-order valence-electron chi connectivity index (χ3n) is 7.13. The molecular formula is C30H33N3O2. The zero-order chi connectivity index (χ0) is 24.2. The molecule has 2 heterocycles. The average molecular weight is 468 g/mol. The van der Waals surface area contributed by atoms with Crippen molar-refractivity contribution in [1.29, 1.82) is 0 Å². The number of rotatable bonds is 9. The van der Waals surface area contributed by atoms with E-state index in [1.54, 1.807) is 0 Å². The van der Waals surface area contributed by atoms with Crippen molar-refractivity contribution in [3.8, 4) is 5.75 Å². The molecule has 3 aromatic carbocycles. The first-order valence-electron chi connectivity index (χ1n) is 12.6. The van der Waals surface area contributed by atoms with Crippen molar-refractivity contribution in [3.63, 3.8) is 0 Å². The molecule has 1 aromatic heterocycles. The average Bonchev–Trinajstić information content (AvgIpc) is 3.44. The van der Waals surface area contributed by atoms with Crippen molar-refractivity contribution in [3.05, 3.63) is 95.8 Å². The van der Waals surface area contributed by atoms with E-state index in [4.69, 9.17) is 9.72 Å². The first kappa shape index (κ1) is 23.2. The van der Waals surface area contributed by atoms with Crippen LogP contribution in [0.4, 0.5) is 0 Å². The van der Waals surface area contributed by atoms with Crippen LogP contribution in [0.25, 0.3) is 11.0 Å². The molecule has 0 N–H and O–H groups in total. The number of hydrogen-bond donors (Lipinski definition) is 0. The van der Waals surface area contributed by atoms with Crippen LogP contribution in [-0.4, -0.2) is 33.5 Å². The van der Waals surface area contributed by atoms with Crippen LogP contribution >= 0.6 is 0 Å². The van der Waals surface area contributed by atoms with Crippen LogP contribution in [0.15, 0.2) is 78.9 Å². The largest absolute Gasteiger partial charge is 0.492 e. The SMILES string of the molecule is CCC(C)c1ccc(OCCn2c(C3CC(=O)N(Cc4ccccc4)C3)nc3ccccc32)cc1. The van der Waals surface area contributed by atoms with E-state index in [1.165, 1.54) is 5.56 Å². The lowest BCUT2D eigenvalue weighted by Crippen LogP contribution is -2.24. The van der Waals surface area contributed by atoms with Crippen LogP contribution in [0.2, 0.25) is 0 Å². The topological polar surface area (TPSA) is 47.4 Å². The van der Waals surface area contributed by atoms with Crippen LogP contribution in [0.1, 0.15) is 55.5 Å². The molecule has 35 heavy (non-hydrogen) atoms. The number of ether oxygens (including phenoxy) is 1. The van der Waals surface area contributed by atoms with Gasteiger partial charge in [-0.25, -0.2) is 4.98 Å². The van der Waals surface area contributed by atoms with Gasteiger partial charge < -0.3 is 14.2 Å². The molecule has 1 amide bonds. The van der Waals surface area contributed by atoms with Gasteiger partial charge in [-0.05, 0) is 47.7 Å². The Kier molecular flexibility index (Phi) is 6.84. The van der Waals surface area contributed by atoms with Crippen LogP contribution < -0.4 is 4.74 Å². The summed E-state index contributed by atoms with van der Waals surface area (Å²) in [6, 6.07) is 26.8. The predicted molar refractivity (Wildman–Crippen MR) is 140 cm³/mol. The number of imidazole rings is 1. The molecule has 5 nitrogen and oxygen atoms in total.